The minimum atomic E-state index is -4.51. The summed E-state index contributed by atoms with van der Waals surface area (Å²) in [6.45, 7) is 0. The number of benzene rings is 3. The molecule has 8 heteroatoms. The Bertz CT molecular complexity index is 1150. The van der Waals surface area contributed by atoms with Crippen LogP contribution in [0.3, 0.4) is 0 Å². The molecule has 2 aliphatic rings. The average molecular weight is 438 g/mol. The summed E-state index contributed by atoms with van der Waals surface area (Å²) in [7, 11) is 0. The molecule has 2 saturated heterocycles. The lowest BCUT2D eigenvalue weighted by Gasteiger charge is -2.28. The number of anilines is 2. The first-order valence-electron chi connectivity index (χ1n) is 9.97. The van der Waals surface area contributed by atoms with Crippen LogP contribution in [0.25, 0.3) is 0 Å². The predicted octanol–water partition coefficient (Wildman–Crippen LogP) is 4.76. The number of halogens is 3. The highest BCUT2D eigenvalue weighted by Gasteiger charge is 2.60. The summed E-state index contributed by atoms with van der Waals surface area (Å²) in [5.41, 5.74) is 0.718. The van der Waals surface area contributed by atoms with Crippen molar-refractivity contribution in [3.05, 3.63) is 96.1 Å². The van der Waals surface area contributed by atoms with Crippen LogP contribution in [0.5, 0.6) is 0 Å². The molecule has 3 atom stereocenters. The topological polar surface area (TPSA) is 49.9 Å². The molecule has 2 aliphatic heterocycles. The van der Waals surface area contributed by atoms with Crippen LogP contribution in [0.1, 0.15) is 17.2 Å². The first kappa shape index (κ1) is 20.3. The van der Waals surface area contributed by atoms with Crippen molar-refractivity contribution in [1.82, 2.24) is 0 Å². The largest absolute Gasteiger partial charge is 0.416 e. The first-order chi connectivity index (χ1) is 15.4. The van der Waals surface area contributed by atoms with Gasteiger partial charge in [0.05, 0.1) is 23.0 Å². The number of hydroxylamine groups is 1. The number of alkyl halides is 3. The van der Waals surface area contributed by atoms with E-state index in [1.54, 1.807) is 5.06 Å². The molecule has 5 nitrogen and oxygen atoms in total. The van der Waals surface area contributed by atoms with E-state index < -0.39 is 41.6 Å². The van der Waals surface area contributed by atoms with Crippen LogP contribution in [-0.4, -0.2) is 17.9 Å². The summed E-state index contributed by atoms with van der Waals surface area (Å²) < 4.78 is 38.7. The second-order valence-corrected chi connectivity index (χ2v) is 7.63. The maximum absolute atomic E-state index is 13.4. The molecular formula is C24H17F3N2O3. The summed E-state index contributed by atoms with van der Waals surface area (Å²) in [5, 5.41) is 1.57. The normalized spacial score (nSPS) is 23.0. The number of imide groups is 1. The Balaban J connectivity index is 1.53. The predicted molar refractivity (Wildman–Crippen MR) is 110 cm³/mol. The third kappa shape index (κ3) is 3.23. The van der Waals surface area contributed by atoms with Gasteiger partial charge in [0.15, 0.2) is 6.10 Å². The Kier molecular flexibility index (Phi) is 4.74. The highest BCUT2D eigenvalue weighted by atomic mass is 19.4. The van der Waals surface area contributed by atoms with Crippen LogP contribution in [0.2, 0.25) is 0 Å². The average Bonchev–Trinajstić information content (AvgIpc) is 3.31. The molecule has 3 aromatic rings. The Morgan fingerprint density at radius 3 is 1.91 bits per heavy atom. The van der Waals surface area contributed by atoms with E-state index in [9.17, 15) is 22.8 Å². The summed E-state index contributed by atoms with van der Waals surface area (Å²) in [4.78, 5) is 33.5. The zero-order valence-electron chi connectivity index (χ0n) is 16.6. The zero-order chi connectivity index (χ0) is 22.5. The number of hydrogen-bond donors (Lipinski definition) is 0. The van der Waals surface area contributed by atoms with Crippen LogP contribution in [0, 0.1) is 5.92 Å². The third-order valence-corrected chi connectivity index (χ3v) is 5.72. The molecule has 0 radical (unpaired) electrons. The molecule has 32 heavy (non-hydrogen) atoms. The summed E-state index contributed by atoms with van der Waals surface area (Å²) >= 11 is 0. The number of nitrogens with zero attached hydrogens (tertiary/aromatic N) is 2. The number of carbonyl (C=O) groups excluding carboxylic acids is 2. The quantitative estimate of drug-likeness (QED) is 0.554. The number of para-hydroxylation sites is 1. The SMILES string of the molecule is O=C1[C@H]2[C@@H](c3ccccc3)N(c3ccccc3)O[C@H]2C(=O)N1c1ccc(C(F)(F)F)cc1. The van der Waals surface area contributed by atoms with Crippen LogP contribution in [-0.2, 0) is 20.6 Å². The van der Waals surface area contributed by atoms with Crippen molar-refractivity contribution in [3.63, 3.8) is 0 Å². The van der Waals surface area contributed by atoms with Gasteiger partial charge in [0.2, 0.25) is 5.91 Å². The standard InChI is InChI=1S/C24H17F3N2O3/c25-24(26,27)16-11-13-17(14-12-16)28-22(30)19-20(15-7-3-1-4-8-15)29(32-21(19)23(28)31)18-9-5-2-6-10-18/h1-14,19-21H/t19-,20+,21+/m0/s1. The minimum Gasteiger partial charge on any atom is -0.273 e. The Morgan fingerprint density at radius 2 is 1.31 bits per heavy atom. The number of hydrogen-bond acceptors (Lipinski definition) is 4. The van der Waals surface area contributed by atoms with Gasteiger partial charge >= 0.3 is 6.18 Å². The highest BCUT2D eigenvalue weighted by Crippen LogP contribution is 2.47. The summed E-state index contributed by atoms with van der Waals surface area (Å²) in [6, 6.07) is 21.8. The summed E-state index contributed by atoms with van der Waals surface area (Å²) in [5.74, 6) is -1.95. The zero-order valence-corrected chi connectivity index (χ0v) is 16.6. The minimum absolute atomic E-state index is 0.0871. The fourth-order valence-electron chi connectivity index (χ4n) is 4.26. The van der Waals surface area contributed by atoms with E-state index in [-0.39, 0.29) is 5.69 Å². The van der Waals surface area contributed by atoms with E-state index in [2.05, 4.69) is 0 Å². The number of fused-ring (bicyclic) bond motifs is 1. The van der Waals surface area contributed by atoms with Crippen molar-refractivity contribution < 1.29 is 27.6 Å². The lowest BCUT2D eigenvalue weighted by atomic mass is 9.90. The molecule has 0 bridgehead atoms. The van der Waals surface area contributed by atoms with Crippen LogP contribution >= 0.6 is 0 Å². The molecular weight excluding hydrogens is 421 g/mol. The molecule has 2 fully saturated rings. The van der Waals surface area contributed by atoms with E-state index in [0.717, 1.165) is 34.7 Å². The van der Waals surface area contributed by atoms with Gasteiger partial charge in [-0.25, -0.2) is 9.96 Å². The lowest BCUT2D eigenvalue weighted by molar-refractivity contribution is -0.137. The second kappa shape index (κ2) is 7.49. The van der Waals surface area contributed by atoms with E-state index >= 15 is 0 Å². The van der Waals surface area contributed by atoms with Crippen molar-refractivity contribution in [2.24, 2.45) is 5.92 Å². The van der Waals surface area contributed by atoms with Gasteiger partial charge in [-0.1, -0.05) is 48.5 Å². The molecule has 0 N–H and O–H groups in total. The van der Waals surface area contributed by atoms with E-state index in [4.69, 9.17) is 4.84 Å². The van der Waals surface area contributed by atoms with Gasteiger partial charge in [-0.05, 0) is 42.0 Å². The van der Waals surface area contributed by atoms with Gasteiger partial charge in [0, 0.05) is 0 Å². The highest BCUT2D eigenvalue weighted by molar-refractivity contribution is 6.23. The maximum Gasteiger partial charge on any atom is 0.416 e. The molecule has 0 saturated carbocycles. The Labute approximate surface area is 181 Å². The number of amides is 2. The van der Waals surface area contributed by atoms with E-state index in [1.807, 2.05) is 60.7 Å². The van der Waals surface area contributed by atoms with Crippen LogP contribution in [0.15, 0.2) is 84.9 Å². The fourth-order valence-corrected chi connectivity index (χ4v) is 4.26. The van der Waals surface area contributed by atoms with Crippen LogP contribution < -0.4 is 9.96 Å². The van der Waals surface area contributed by atoms with E-state index in [1.165, 1.54) is 0 Å². The molecule has 0 aliphatic carbocycles. The molecule has 0 spiro atoms. The third-order valence-electron chi connectivity index (χ3n) is 5.72. The lowest BCUT2D eigenvalue weighted by Crippen LogP contribution is -2.37. The van der Waals surface area contributed by atoms with Gasteiger partial charge in [-0.15, -0.1) is 0 Å². The monoisotopic (exact) mass is 438 g/mol. The van der Waals surface area contributed by atoms with Gasteiger partial charge < -0.3 is 0 Å². The smallest absolute Gasteiger partial charge is 0.273 e. The van der Waals surface area contributed by atoms with Gasteiger partial charge in [-0.3, -0.25) is 14.4 Å². The molecule has 0 aromatic heterocycles. The maximum atomic E-state index is 13.4. The van der Waals surface area contributed by atoms with Crippen molar-refractivity contribution in [1.29, 1.82) is 0 Å². The van der Waals surface area contributed by atoms with Crippen molar-refractivity contribution in [2.75, 3.05) is 9.96 Å². The second-order valence-electron chi connectivity index (χ2n) is 7.63. The first-order valence-corrected chi connectivity index (χ1v) is 9.97. The molecule has 2 heterocycles. The molecule has 162 valence electrons. The van der Waals surface area contributed by atoms with Crippen molar-refractivity contribution >= 4 is 23.2 Å². The number of carbonyl (C=O) groups is 2. The van der Waals surface area contributed by atoms with Crippen LogP contribution in [0.4, 0.5) is 24.5 Å². The van der Waals surface area contributed by atoms with E-state index in [0.29, 0.717) is 5.69 Å². The molecule has 3 aromatic carbocycles. The van der Waals surface area contributed by atoms with Crippen molar-refractivity contribution in [3.8, 4) is 0 Å². The Morgan fingerprint density at radius 1 is 0.719 bits per heavy atom. The molecule has 0 unspecified atom stereocenters. The number of rotatable bonds is 3. The summed E-state index contributed by atoms with van der Waals surface area (Å²) in [6.07, 6.45) is -5.58. The molecule has 2 amide bonds. The van der Waals surface area contributed by atoms with Gasteiger partial charge in [-0.2, -0.15) is 13.2 Å². The Hall–Kier alpha value is -3.65. The fraction of sp³-hybridized carbons (Fsp3) is 0.167. The van der Waals surface area contributed by atoms with Gasteiger partial charge in [0.1, 0.15) is 5.92 Å². The van der Waals surface area contributed by atoms with Gasteiger partial charge in [0.25, 0.3) is 5.91 Å². The molecule has 5 rings (SSSR count). The van der Waals surface area contributed by atoms with Crippen molar-refractivity contribution in [2.45, 2.75) is 18.3 Å².